The highest BCUT2D eigenvalue weighted by Crippen LogP contribution is 2.16. The molecule has 2 rings (SSSR count). The van der Waals surface area contributed by atoms with Crippen LogP contribution in [-0.2, 0) is 27.6 Å². The Morgan fingerprint density at radius 2 is 1.77 bits per heavy atom. The van der Waals surface area contributed by atoms with Gasteiger partial charge < -0.3 is 4.74 Å². The van der Waals surface area contributed by atoms with Crippen LogP contribution in [0.25, 0.3) is 0 Å². The van der Waals surface area contributed by atoms with Crippen LogP contribution in [0.1, 0.15) is 52.1 Å². The number of nitrogens with zero attached hydrogens (tertiary/aromatic N) is 1. The molecule has 1 N–H and O–H groups in total. The molecule has 7 nitrogen and oxygen atoms in total. The summed E-state index contributed by atoms with van der Waals surface area (Å²) in [6.07, 6.45) is 1.54. The number of aryl methyl sites for hydroxylation is 2. The van der Waals surface area contributed by atoms with E-state index in [2.05, 4.69) is 4.72 Å². The lowest BCUT2D eigenvalue weighted by molar-refractivity contribution is 0.0474. The molecule has 2 aromatic rings. The van der Waals surface area contributed by atoms with Gasteiger partial charge in [-0.25, -0.2) is 17.9 Å². The minimum Gasteiger partial charge on any atom is -0.454 e. The van der Waals surface area contributed by atoms with Crippen LogP contribution in [0, 0.1) is 11.3 Å². The van der Waals surface area contributed by atoms with Crippen molar-refractivity contribution in [3.8, 4) is 6.07 Å². The lowest BCUT2D eigenvalue weighted by Crippen LogP contribution is -2.24. The van der Waals surface area contributed by atoms with Crippen molar-refractivity contribution in [2.45, 2.75) is 38.0 Å². The third kappa shape index (κ3) is 5.99. The molecular formula is C22H24N2O5S. The van der Waals surface area contributed by atoms with Crippen molar-refractivity contribution in [1.29, 1.82) is 5.26 Å². The predicted octanol–water partition coefficient (Wildman–Crippen LogP) is 3.04. The molecule has 0 aliphatic carbocycles. The minimum atomic E-state index is -3.76. The van der Waals surface area contributed by atoms with E-state index in [1.807, 2.05) is 38.1 Å². The highest BCUT2D eigenvalue weighted by molar-refractivity contribution is 7.89. The number of ketones is 1. The third-order valence-electron chi connectivity index (χ3n) is 4.53. The zero-order chi connectivity index (χ0) is 22.1. The first-order chi connectivity index (χ1) is 14.3. The van der Waals surface area contributed by atoms with Crippen molar-refractivity contribution in [1.82, 2.24) is 4.72 Å². The average molecular weight is 429 g/mol. The average Bonchev–Trinajstić information content (AvgIpc) is 2.76. The first-order valence-corrected chi connectivity index (χ1v) is 11.1. The van der Waals surface area contributed by atoms with Crippen LogP contribution in [0.3, 0.4) is 0 Å². The number of Topliss-reactive ketones (excluding diaryl/α,β-unsaturated/α-hetero) is 1. The van der Waals surface area contributed by atoms with Crippen LogP contribution < -0.4 is 4.72 Å². The van der Waals surface area contributed by atoms with E-state index in [9.17, 15) is 18.0 Å². The Bertz CT molecular complexity index is 1050. The Morgan fingerprint density at radius 1 is 1.07 bits per heavy atom. The summed E-state index contributed by atoms with van der Waals surface area (Å²) in [6.45, 7) is 3.56. The SMILES string of the molecule is CCc1ccc(CC)c(C(=O)COC(=O)c2ccc(S(=O)(=O)NCCC#N)cc2)c1. The second-order valence-corrected chi connectivity index (χ2v) is 8.30. The summed E-state index contributed by atoms with van der Waals surface area (Å²) in [7, 11) is -3.76. The third-order valence-corrected chi connectivity index (χ3v) is 6.00. The number of nitriles is 1. The summed E-state index contributed by atoms with van der Waals surface area (Å²) in [4.78, 5) is 24.8. The molecule has 0 radical (unpaired) electrons. The van der Waals surface area contributed by atoms with Crippen molar-refractivity contribution in [3.05, 3.63) is 64.7 Å². The van der Waals surface area contributed by atoms with Gasteiger partial charge in [-0.2, -0.15) is 5.26 Å². The van der Waals surface area contributed by atoms with Gasteiger partial charge >= 0.3 is 5.97 Å². The van der Waals surface area contributed by atoms with Gasteiger partial charge in [0.25, 0.3) is 0 Å². The maximum atomic E-state index is 12.6. The molecule has 0 saturated heterocycles. The second kappa shape index (κ2) is 10.7. The number of carbonyl (C=O) groups is 2. The van der Waals surface area contributed by atoms with Crippen molar-refractivity contribution in [3.63, 3.8) is 0 Å². The van der Waals surface area contributed by atoms with Gasteiger partial charge in [0, 0.05) is 18.5 Å². The molecule has 0 atom stereocenters. The molecular weight excluding hydrogens is 404 g/mol. The van der Waals surface area contributed by atoms with Crippen molar-refractivity contribution in [2.24, 2.45) is 0 Å². The molecule has 0 aliphatic heterocycles. The Morgan fingerprint density at radius 3 is 2.37 bits per heavy atom. The quantitative estimate of drug-likeness (QED) is 0.353. The van der Waals surface area contributed by atoms with E-state index in [0.717, 1.165) is 17.5 Å². The fourth-order valence-corrected chi connectivity index (χ4v) is 3.83. The van der Waals surface area contributed by atoms with Gasteiger partial charge in [0.15, 0.2) is 6.61 Å². The van der Waals surface area contributed by atoms with Gasteiger partial charge in [-0.1, -0.05) is 26.0 Å². The Balaban J connectivity index is 2.03. The van der Waals surface area contributed by atoms with E-state index in [0.29, 0.717) is 12.0 Å². The smallest absolute Gasteiger partial charge is 0.338 e. The Labute approximate surface area is 176 Å². The van der Waals surface area contributed by atoms with Crippen LogP contribution in [-0.4, -0.2) is 33.3 Å². The van der Waals surface area contributed by atoms with E-state index >= 15 is 0 Å². The molecule has 158 valence electrons. The number of ether oxygens (including phenoxy) is 1. The molecule has 0 heterocycles. The number of nitrogens with one attached hydrogen (secondary N) is 1. The highest BCUT2D eigenvalue weighted by atomic mass is 32.2. The zero-order valence-corrected chi connectivity index (χ0v) is 17.8. The van der Waals surface area contributed by atoms with Gasteiger partial charge in [-0.3, -0.25) is 4.79 Å². The summed E-state index contributed by atoms with van der Waals surface area (Å²) in [5, 5.41) is 8.49. The molecule has 2 aromatic carbocycles. The fraction of sp³-hybridized carbons (Fsp3) is 0.318. The molecule has 30 heavy (non-hydrogen) atoms. The standard InChI is InChI=1S/C22H24N2O5S/c1-3-16-6-7-17(4-2)20(14-16)21(25)15-29-22(26)18-8-10-19(11-9-18)30(27,28)24-13-5-12-23/h6-11,14,24H,3-5,13,15H2,1-2H3. The minimum absolute atomic E-state index is 0.00369. The van der Waals surface area contributed by atoms with Crippen molar-refractivity contribution < 1.29 is 22.7 Å². The number of sulfonamides is 1. The number of hydrogen-bond acceptors (Lipinski definition) is 6. The molecule has 0 unspecified atom stereocenters. The normalized spacial score (nSPS) is 11.0. The maximum Gasteiger partial charge on any atom is 0.338 e. The molecule has 0 amide bonds. The molecule has 0 aromatic heterocycles. The van der Waals surface area contributed by atoms with Crippen LogP contribution in [0.15, 0.2) is 47.4 Å². The number of esters is 1. The fourth-order valence-electron chi connectivity index (χ4n) is 2.80. The maximum absolute atomic E-state index is 12.6. The van der Waals surface area contributed by atoms with Gasteiger partial charge in [0.1, 0.15) is 0 Å². The number of benzene rings is 2. The molecule has 0 spiro atoms. The Kier molecular flexibility index (Phi) is 8.27. The summed E-state index contributed by atoms with van der Waals surface area (Å²) < 4.78 is 31.6. The largest absolute Gasteiger partial charge is 0.454 e. The molecule has 0 saturated carbocycles. The predicted molar refractivity (Wildman–Crippen MR) is 112 cm³/mol. The van der Waals surface area contributed by atoms with Crippen molar-refractivity contribution >= 4 is 21.8 Å². The highest BCUT2D eigenvalue weighted by Gasteiger charge is 2.17. The van der Waals surface area contributed by atoms with Crippen LogP contribution in [0.5, 0.6) is 0 Å². The topological polar surface area (TPSA) is 113 Å². The zero-order valence-electron chi connectivity index (χ0n) is 17.0. The number of rotatable bonds is 10. The van der Waals surface area contributed by atoms with E-state index < -0.39 is 22.6 Å². The van der Waals surface area contributed by atoms with Crippen molar-refractivity contribution in [2.75, 3.05) is 13.2 Å². The van der Waals surface area contributed by atoms with E-state index in [-0.39, 0.29) is 29.2 Å². The number of carbonyl (C=O) groups excluding carboxylic acids is 2. The van der Waals surface area contributed by atoms with Crippen LogP contribution >= 0.6 is 0 Å². The van der Waals surface area contributed by atoms with Gasteiger partial charge in [0.05, 0.1) is 16.5 Å². The molecule has 0 bridgehead atoms. The summed E-state index contributed by atoms with van der Waals surface area (Å²) >= 11 is 0. The Hall–Kier alpha value is -3.02. The van der Waals surface area contributed by atoms with E-state index in [4.69, 9.17) is 10.00 Å². The van der Waals surface area contributed by atoms with Crippen LogP contribution in [0.2, 0.25) is 0 Å². The van der Waals surface area contributed by atoms with Gasteiger partial charge in [0.2, 0.25) is 15.8 Å². The van der Waals surface area contributed by atoms with Gasteiger partial charge in [-0.15, -0.1) is 0 Å². The van der Waals surface area contributed by atoms with E-state index in [1.165, 1.54) is 24.3 Å². The molecule has 8 heteroatoms. The summed E-state index contributed by atoms with van der Waals surface area (Å²) in [5.74, 6) is -0.995. The first-order valence-electron chi connectivity index (χ1n) is 9.61. The lowest BCUT2D eigenvalue weighted by Gasteiger charge is -2.10. The molecule has 0 fully saturated rings. The number of hydrogen-bond donors (Lipinski definition) is 1. The molecule has 0 aliphatic rings. The first kappa shape index (κ1) is 23.3. The lowest BCUT2D eigenvalue weighted by atomic mass is 9.98. The monoisotopic (exact) mass is 428 g/mol. The van der Waals surface area contributed by atoms with Crippen LogP contribution in [0.4, 0.5) is 0 Å². The summed E-state index contributed by atoms with van der Waals surface area (Å²) in [5.41, 5.74) is 2.61. The second-order valence-electron chi connectivity index (χ2n) is 6.53. The van der Waals surface area contributed by atoms with Gasteiger partial charge in [-0.05, 0) is 54.3 Å². The van der Waals surface area contributed by atoms with E-state index in [1.54, 1.807) is 0 Å². The summed E-state index contributed by atoms with van der Waals surface area (Å²) in [6, 6.07) is 12.8.